The molecule has 33 heavy (non-hydrogen) atoms. The number of sulfonamides is 1. The fourth-order valence-electron chi connectivity index (χ4n) is 3.66. The summed E-state index contributed by atoms with van der Waals surface area (Å²) in [6, 6.07) is 11.4. The minimum absolute atomic E-state index is 0.0600. The maximum atomic E-state index is 13.3. The van der Waals surface area contributed by atoms with E-state index in [4.69, 9.17) is 9.47 Å². The van der Waals surface area contributed by atoms with Gasteiger partial charge in [-0.3, -0.25) is 9.52 Å². The summed E-state index contributed by atoms with van der Waals surface area (Å²) in [4.78, 5) is 15.1. The molecule has 0 saturated carbocycles. The predicted octanol–water partition coefficient (Wildman–Crippen LogP) is 2.89. The Labute approximate surface area is 196 Å². The van der Waals surface area contributed by atoms with E-state index in [1.807, 2.05) is 13.8 Å². The number of anilines is 1. The van der Waals surface area contributed by atoms with Gasteiger partial charge in [0.2, 0.25) is 0 Å². The van der Waals surface area contributed by atoms with Crippen molar-refractivity contribution in [2.45, 2.75) is 37.8 Å². The number of ether oxygens (including phenoxy) is 2. The molecule has 1 aliphatic rings. The van der Waals surface area contributed by atoms with Gasteiger partial charge < -0.3 is 19.7 Å². The first-order valence-electron chi connectivity index (χ1n) is 11.0. The van der Waals surface area contributed by atoms with Gasteiger partial charge in [-0.25, -0.2) is 8.42 Å². The Bertz CT molecular complexity index is 1070. The van der Waals surface area contributed by atoms with E-state index in [0.29, 0.717) is 18.9 Å². The highest BCUT2D eigenvalue weighted by molar-refractivity contribution is 7.92. The lowest BCUT2D eigenvalue weighted by molar-refractivity contribution is 0.0281. The van der Waals surface area contributed by atoms with E-state index in [-0.39, 0.29) is 40.1 Å². The molecule has 3 rings (SSSR count). The molecule has 1 aliphatic heterocycles. The van der Waals surface area contributed by atoms with Crippen molar-refractivity contribution in [3.8, 4) is 5.75 Å². The van der Waals surface area contributed by atoms with Gasteiger partial charge in [0.25, 0.3) is 15.9 Å². The number of nitrogens with one attached hydrogen (secondary N) is 2. The number of fused-ring (bicyclic) bond motifs is 1. The molecule has 0 spiro atoms. The molecule has 0 fully saturated rings. The summed E-state index contributed by atoms with van der Waals surface area (Å²) in [6.07, 6.45) is -0.148. The van der Waals surface area contributed by atoms with Gasteiger partial charge in [-0.15, -0.1) is 0 Å². The summed E-state index contributed by atoms with van der Waals surface area (Å²) < 4.78 is 39.8. The van der Waals surface area contributed by atoms with Crippen molar-refractivity contribution in [2.24, 2.45) is 5.92 Å². The van der Waals surface area contributed by atoms with Gasteiger partial charge in [0, 0.05) is 39.0 Å². The predicted molar refractivity (Wildman–Crippen MR) is 128 cm³/mol. The molecule has 0 bridgehead atoms. The first-order chi connectivity index (χ1) is 15.6. The number of methoxy groups -OCH3 is 1. The first kappa shape index (κ1) is 25.0. The van der Waals surface area contributed by atoms with Crippen LogP contribution >= 0.6 is 0 Å². The molecular weight excluding hydrogens is 442 g/mol. The third-order valence-electron chi connectivity index (χ3n) is 5.81. The maximum absolute atomic E-state index is 13.3. The second-order valence-electron chi connectivity index (χ2n) is 8.69. The maximum Gasteiger partial charge on any atom is 0.261 e. The number of amides is 1. The molecule has 2 aromatic carbocycles. The third kappa shape index (κ3) is 6.25. The van der Waals surface area contributed by atoms with Crippen molar-refractivity contribution >= 4 is 21.6 Å². The van der Waals surface area contributed by atoms with Gasteiger partial charge >= 0.3 is 0 Å². The molecule has 0 aromatic heterocycles. The summed E-state index contributed by atoms with van der Waals surface area (Å²) >= 11 is 0. The highest BCUT2D eigenvalue weighted by atomic mass is 32.2. The van der Waals surface area contributed by atoms with Gasteiger partial charge in [-0.2, -0.15) is 0 Å². The monoisotopic (exact) mass is 475 g/mol. The van der Waals surface area contributed by atoms with Gasteiger partial charge in [-0.1, -0.05) is 24.6 Å². The van der Waals surface area contributed by atoms with Gasteiger partial charge in [-0.05, 0) is 50.1 Å². The minimum Gasteiger partial charge on any atom is -0.491 e. The van der Waals surface area contributed by atoms with Crippen LogP contribution in [-0.4, -0.2) is 65.2 Å². The molecular formula is C24H33N3O5S. The number of hydrogen-bond donors (Lipinski definition) is 2. The van der Waals surface area contributed by atoms with E-state index in [9.17, 15) is 13.2 Å². The standard InChI is InChI=1S/C24H33N3O5S/c1-16-6-9-20(10-7-16)33(29,30)26-19-8-11-22-21(12-19)24(28)27(4)14-23(31-5)17(2)13-25-18(3)15-32-22/h6-12,17-18,23,25-26H,13-15H2,1-5H3/t17-,18+,23-/m0/s1. The molecule has 3 atom stereocenters. The Morgan fingerprint density at radius 1 is 1.15 bits per heavy atom. The fraction of sp³-hybridized carbons (Fsp3) is 0.458. The van der Waals surface area contributed by atoms with E-state index < -0.39 is 10.0 Å². The average molecular weight is 476 g/mol. The smallest absolute Gasteiger partial charge is 0.261 e. The van der Waals surface area contributed by atoms with Crippen LogP contribution in [0.5, 0.6) is 5.75 Å². The molecule has 0 aliphatic carbocycles. The van der Waals surface area contributed by atoms with Crippen molar-refractivity contribution in [3.05, 3.63) is 53.6 Å². The number of benzene rings is 2. The third-order valence-corrected chi connectivity index (χ3v) is 7.21. The number of carbonyl (C=O) groups excluding carboxylic acids is 1. The van der Waals surface area contributed by atoms with Crippen molar-refractivity contribution in [3.63, 3.8) is 0 Å². The number of likely N-dealkylation sites (N-methyl/N-ethyl adjacent to an activating group) is 1. The van der Waals surface area contributed by atoms with E-state index in [0.717, 1.165) is 12.1 Å². The van der Waals surface area contributed by atoms with Crippen molar-refractivity contribution < 1.29 is 22.7 Å². The van der Waals surface area contributed by atoms with Crippen molar-refractivity contribution in [1.29, 1.82) is 0 Å². The molecule has 180 valence electrons. The fourth-order valence-corrected chi connectivity index (χ4v) is 4.70. The average Bonchev–Trinajstić information content (AvgIpc) is 2.78. The lowest BCUT2D eigenvalue weighted by atomic mass is 10.0. The molecule has 2 N–H and O–H groups in total. The normalized spacial score (nSPS) is 22.5. The highest BCUT2D eigenvalue weighted by Gasteiger charge is 2.26. The molecule has 8 nitrogen and oxygen atoms in total. The Balaban J connectivity index is 1.93. The minimum atomic E-state index is -3.80. The Morgan fingerprint density at radius 2 is 1.85 bits per heavy atom. The van der Waals surface area contributed by atoms with Crippen LogP contribution in [0.25, 0.3) is 0 Å². The topological polar surface area (TPSA) is 97.0 Å². The van der Waals surface area contributed by atoms with Crippen LogP contribution in [-0.2, 0) is 14.8 Å². The molecule has 0 unspecified atom stereocenters. The van der Waals surface area contributed by atoms with E-state index in [1.54, 1.807) is 55.5 Å². The van der Waals surface area contributed by atoms with Crippen molar-refractivity contribution in [1.82, 2.24) is 10.2 Å². The number of rotatable bonds is 4. The van der Waals surface area contributed by atoms with E-state index in [1.165, 1.54) is 6.07 Å². The molecule has 1 amide bonds. The van der Waals surface area contributed by atoms with E-state index in [2.05, 4.69) is 17.0 Å². The van der Waals surface area contributed by atoms with Gasteiger partial charge in [0.15, 0.2) is 0 Å². The Kier molecular flexibility index (Phi) is 7.99. The zero-order valence-corrected chi connectivity index (χ0v) is 20.6. The van der Waals surface area contributed by atoms with Gasteiger partial charge in [0.05, 0.1) is 16.6 Å². The quantitative estimate of drug-likeness (QED) is 0.706. The number of aryl methyl sites for hydroxylation is 1. The second kappa shape index (κ2) is 10.5. The van der Waals surface area contributed by atoms with Crippen molar-refractivity contribution in [2.75, 3.05) is 38.6 Å². The lowest BCUT2D eigenvalue weighted by Crippen LogP contribution is -2.44. The Hall–Kier alpha value is -2.62. The lowest BCUT2D eigenvalue weighted by Gasteiger charge is -2.30. The second-order valence-corrected chi connectivity index (χ2v) is 10.4. The number of carbonyl (C=O) groups is 1. The highest BCUT2D eigenvalue weighted by Crippen LogP contribution is 2.27. The van der Waals surface area contributed by atoms with Crippen LogP contribution in [0, 0.1) is 12.8 Å². The van der Waals surface area contributed by atoms with Crippen LogP contribution in [0.3, 0.4) is 0 Å². The van der Waals surface area contributed by atoms with Crippen LogP contribution in [0.2, 0.25) is 0 Å². The van der Waals surface area contributed by atoms with Gasteiger partial charge in [0.1, 0.15) is 12.4 Å². The summed E-state index contributed by atoms with van der Waals surface area (Å²) in [5.74, 6) is 0.317. The number of hydrogen-bond acceptors (Lipinski definition) is 6. The Morgan fingerprint density at radius 3 is 2.52 bits per heavy atom. The van der Waals surface area contributed by atoms with Crippen LogP contribution < -0.4 is 14.8 Å². The van der Waals surface area contributed by atoms with E-state index >= 15 is 0 Å². The largest absolute Gasteiger partial charge is 0.491 e. The summed E-state index contributed by atoms with van der Waals surface area (Å²) in [7, 11) is -0.455. The van der Waals surface area contributed by atoms with Crippen LogP contribution in [0.4, 0.5) is 5.69 Å². The summed E-state index contributed by atoms with van der Waals surface area (Å²) in [5.41, 5.74) is 1.54. The molecule has 9 heteroatoms. The molecule has 0 radical (unpaired) electrons. The number of nitrogens with zero attached hydrogens (tertiary/aromatic N) is 1. The molecule has 0 saturated heterocycles. The zero-order valence-electron chi connectivity index (χ0n) is 19.8. The summed E-state index contributed by atoms with van der Waals surface area (Å²) in [6.45, 7) is 7.47. The first-order valence-corrected chi connectivity index (χ1v) is 12.5. The SMILES string of the molecule is CO[C@H]1CN(C)C(=O)c2cc(NS(=O)(=O)c3ccc(C)cc3)ccc2OC[C@@H](C)NC[C@@H]1C. The molecule has 2 aromatic rings. The summed E-state index contributed by atoms with van der Waals surface area (Å²) in [5, 5.41) is 3.44. The molecule has 1 heterocycles. The van der Waals surface area contributed by atoms with Crippen LogP contribution in [0.15, 0.2) is 47.4 Å². The van der Waals surface area contributed by atoms with Crippen LogP contribution in [0.1, 0.15) is 29.8 Å². The zero-order chi connectivity index (χ0) is 24.2.